The van der Waals surface area contributed by atoms with E-state index in [1.54, 1.807) is 29.3 Å². The molecule has 1 amide bonds. The highest BCUT2D eigenvalue weighted by molar-refractivity contribution is 6.33. The first-order chi connectivity index (χ1) is 14.4. The van der Waals surface area contributed by atoms with Gasteiger partial charge in [-0.1, -0.05) is 17.7 Å². The lowest BCUT2D eigenvalue weighted by Gasteiger charge is -2.10. The molecule has 0 aliphatic carbocycles. The fraction of sp³-hybridized carbons (Fsp3) is 0.130. The molecule has 0 unspecified atom stereocenters. The third-order valence-electron chi connectivity index (χ3n) is 5.03. The number of hydrogen-bond acceptors (Lipinski definition) is 4. The smallest absolute Gasteiger partial charge is 0.258 e. The Balaban J connectivity index is 1.58. The molecule has 0 aliphatic rings. The van der Waals surface area contributed by atoms with Gasteiger partial charge in [-0.15, -0.1) is 0 Å². The van der Waals surface area contributed by atoms with Crippen LogP contribution < -0.4 is 5.32 Å². The second kappa shape index (κ2) is 8.08. The summed E-state index contributed by atoms with van der Waals surface area (Å²) >= 11 is 6.43. The lowest BCUT2D eigenvalue weighted by atomic mass is 10.0. The van der Waals surface area contributed by atoms with Crippen LogP contribution in [0.2, 0.25) is 5.02 Å². The van der Waals surface area contributed by atoms with E-state index in [9.17, 15) is 4.79 Å². The zero-order valence-corrected chi connectivity index (χ0v) is 17.6. The van der Waals surface area contributed by atoms with E-state index in [1.807, 2.05) is 57.6 Å². The highest BCUT2D eigenvalue weighted by atomic mass is 35.5. The summed E-state index contributed by atoms with van der Waals surface area (Å²) in [5, 5.41) is 7.67. The van der Waals surface area contributed by atoms with Crippen LogP contribution in [0.15, 0.2) is 61.3 Å². The molecule has 30 heavy (non-hydrogen) atoms. The van der Waals surface area contributed by atoms with E-state index in [2.05, 4.69) is 20.4 Å². The number of amides is 1. The first kappa shape index (κ1) is 19.8. The minimum absolute atomic E-state index is 0.236. The highest BCUT2D eigenvalue weighted by Gasteiger charge is 2.13. The molecule has 3 heterocycles. The number of carbonyl (C=O) groups is 1. The summed E-state index contributed by atoms with van der Waals surface area (Å²) in [5.41, 5.74) is 6.15. The molecule has 4 aromatic rings. The standard InChI is InChI=1S/C23H20ClN5O/c1-14-9-25-12-20(15(14)2)23(30)28-22-7-5-17(10-26-22)19-8-16(4-6-21(19)24)18-11-27-29(3)13-18/h4-13H,1-3H3,(H,26,28,30). The van der Waals surface area contributed by atoms with Crippen molar-refractivity contribution in [1.29, 1.82) is 0 Å². The molecule has 0 bridgehead atoms. The Hall–Kier alpha value is -3.51. The lowest BCUT2D eigenvalue weighted by Crippen LogP contribution is -2.15. The summed E-state index contributed by atoms with van der Waals surface area (Å²) in [7, 11) is 1.88. The van der Waals surface area contributed by atoms with Gasteiger partial charge < -0.3 is 5.32 Å². The van der Waals surface area contributed by atoms with Gasteiger partial charge in [0, 0.05) is 53.5 Å². The van der Waals surface area contributed by atoms with E-state index in [-0.39, 0.29) is 5.91 Å². The number of nitrogens with one attached hydrogen (secondary N) is 1. The van der Waals surface area contributed by atoms with Gasteiger partial charge in [0.2, 0.25) is 0 Å². The predicted octanol–water partition coefficient (Wildman–Crippen LogP) is 5.07. The Morgan fingerprint density at radius 3 is 2.50 bits per heavy atom. The fourth-order valence-electron chi connectivity index (χ4n) is 3.17. The van der Waals surface area contributed by atoms with Crippen molar-refractivity contribution in [2.24, 2.45) is 7.05 Å². The molecule has 150 valence electrons. The molecule has 7 heteroatoms. The van der Waals surface area contributed by atoms with Crippen molar-refractivity contribution in [2.45, 2.75) is 13.8 Å². The number of benzene rings is 1. The van der Waals surface area contributed by atoms with Crippen molar-refractivity contribution < 1.29 is 4.79 Å². The van der Waals surface area contributed by atoms with Gasteiger partial charge in [0.1, 0.15) is 5.82 Å². The van der Waals surface area contributed by atoms with Crippen molar-refractivity contribution >= 4 is 23.3 Å². The van der Waals surface area contributed by atoms with Gasteiger partial charge in [-0.05, 0) is 54.8 Å². The van der Waals surface area contributed by atoms with Gasteiger partial charge in [-0.3, -0.25) is 14.5 Å². The number of aromatic nitrogens is 4. The van der Waals surface area contributed by atoms with Crippen LogP contribution in [-0.2, 0) is 7.05 Å². The van der Waals surface area contributed by atoms with Crippen LogP contribution in [0.5, 0.6) is 0 Å². The molecule has 0 saturated heterocycles. The van der Waals surface area contributed by atoms with Gasteiger partial charge >= 0.3 is 0 Å². The zero-order valence-electron chi connectivity index (χ0n) is 16.8. The molecule has 1 aromatic carbocycles. The lowest BCUT2D eigenvalue weighted by molar-refractivity contribution is 0.102. The van der Waals surface area contributed by atoms with Crippen LogP contribution in [0.3, 0.4) is 0 Å². The number of halogens is 1. The van der Waals surface area contributed by atoms with Crippen LogP contribution in [0.4, 0.5) is 5.82 Å². The maximum Gasteiger partial charge on any atom is 0.258 e. The molecule has 4 rings (SSSR count). The van der Waals surface area contributed by atoms with Crippen LogP contribution >= 0.6 is 11.6 Å². The third kappa shape index (κ3) is 3.95. The number of aryl methyl sites for hydroxylation is 2. The van der Waals surface area contributed by atoms with E-state index in [0.29, 0.717) is 16.4 Å². The summed E-state index contributed by atoms with van der Waals surface area (Å²) in [6.45, 7) is 3.83. The maximum atomic E-state index is 12.6. The quantitative estimate of drug-likeness (QED) is 0.503. The predicted molar refractivity (Wildman–Crippen MR) is 119 cm³/mol. The van der Waals surface area contributed by atoms with Crippen LogP contribution in [0, 0.1) is 13.8 Å². The largest absolute Gasteiger partial charge is 0.307 e. The summed E-state index contributed by atoms with van der Waals surface area (Å²) in [6.07, 6.45) is 8.77. The monoisotopic (exact) mass is 417 g/mol. The molecule has 0 radical (unpaired) electrons. The molecule has 0 fully saturated rings. The average molecular weight is 418 g/mol. The second-order valence-electron chi connectivity index (χ2n) is 7.11. The Bertz CT molecular complexity index is 1230. The minimum atomic E-state index is -0.236. The fourth-order valence-corrected chi connectivity index (χ4v) is 3.39. The molecule has 0 atom stereocenters. The van der Waals surface area contributed by atoms with E-state index in [0.717, 1.165) is 33.4 Å². The highest BCUT2D eigenvalue weighted by Crippen LogP contribution is 2.32. The Labute approximate surface area is 179 Å². The molecule has 6 nitrogen and oxygen atoms in total. The van der Waals surface area contributed by atoms with Gasteiger partial charge in [0.15, 0.2) is 0 Å². The molecule has 1 N–H and O–H groups in total. The van der Waals surface area contributed by atoms with E-state index in [1.165, 1.54) is 0 Å². The minimum Gasteiger partial charge on any atom is -0.307 e. The summed E-state index contributed by atoms with van der Waals surface area (Å²) < 4.78 is 1.76. The van der Waals surface area contributed by atoms with Crippen molar-refractivity contribution in [3.05, 3.63) is 83.0 Å². The number of carbonyl (C=O) groups excluding carboxylic acids is 1. The Morgan fingerprint density at radius 1 is 1.00 bits per heavy atom. The second-order valence-corrected chi connectivity index (χ2v) is 7.52. The van der Waals surface area contributed by atoms with Crippen molar-refractivity contribution in [3.63, 3.8) is 0 Å². The SMILES string of the molecule is Cc1cncc(C(=O)Nc2ccc(-c3cc(-c4cnn(C)c4)ccc3Cl)cn2)c1C. The third-order valence-corrected chi connectivity index (χ3v) is 5.36. The molecular weight excluding hydrogens is 398 g/mol. The van der Waals surface area contributed by atoms with Crippen molar-refractivity contribution in [1.82, 2.24) is 19.7 Å². The number of nitrogens with zero attached hydrogens (tertiary/aromatic N) is 4. The van der Waals surface area contributed by atoms with Gasteiger partial charge in [-0.25, -0.2) is 4.98 Å². The molecule has 0 spiro atoms. The zero-order chi connectivity index (χ0) is 21.3. The van der Waals surface area contributed by atoms with E-state index in [4.69, 9.17) is 11.6 Å². The van der Waals surface area contributed by atoms with Crippen molar-refractivity contribution in [3.8, 4) is 22.3 Å². The van der Waals surface area contributed by atoms with E-state index >= 15 is 0 Å². The summed E-state index contributed by atoms with van der Waals surface area (Å²) in [5.74, 6) is 0.227. The van der Waals surface area contributed by atoms with Crippen LogP contribution in [0.1, 0.15) is 21.5 Å². The Kier molecular flexibility index (Phi) is 5.33. The summed E-state index contributed by atoms with van der Waals surface area (Å²) in [4.78, 5) is 21.1. The number of pyridine rings is 2. The van der Waals surface area contributed by atoms with Gasteiger partial charge in [0.25, 0.3) is 5.91 Å². The van der Waals surface area contributed by atoms with Gasteiger partial charge in [0.05, 0.1) is 11.8 Å². The first-order valence-electron chi connectivity index (χ1n) is 9.40. The van der Waals surface area contributed by atoms with Crippen molar-refractivity contribution in [2.75, 3.05) is 5.32 Å². The molecule has 0 aliphatic heterocycles. The average Bonchev–Trinajstić information content (AvgIpc) is 3.17. The van der Waals surface area contributed by atoms with Crippen LogP contribution in [-0.4, -0.2) is 25.7 Å². The number of rotatable bonds is 4. The van der Waals surface area contributed by atoms with E-state index < -0.39 is 0 Å². The summed E-state index contributed by atoms with van der Waals surface area (Å²) in [6, 6.07) is 9.49. The van der Waals surface area contributed by atoms with Crippen LogP contribution in [0.25, 0.3) is 22.3 Å². The number of anilines is 1. The normalized spacial score (nSPS) is 10.8. The van der Waals surface area contributed by atoms with Gasteiger partial charge in [-0.2, -0.15) is 5.10 Å². The number of hydrogen-bond donors (Lipinski definition) is 1. The molecule has 0 saturated carbocycles. The Morgan fingerprint density at radius 2 is 1.80 bits per heavy atom. The molecule has 3 aromatic heterocycles. The molecular formula is C23H20ClN5O. The maximum absolute atomic E-state index is 12.6. The topological polar surface area (TPSA) is 72.7 Å². The first-order valence-corrected chi connectivity index (χ1v) is 9.77.